The first kappa shape index (κ1) is 17.6. The number of aromatic nitrogens is 3. The Bertz CT molecular complexity index is 701. The standard InChI is InChI=1S/C16H23N5O3/c1-10(13-7-6-12(23-4)8-14(13)24-5)18-16(22)19-11(2)15-20-17-9-21(15)3/h6-11H,1-5H3,(H2,18,19,22)/t10-,11+/m1/s1. The van der Waals surface area contributed by atoms with Gasteiger partial charge in [-0.3, -0.25) is 0 Å². The number of nitrogens with one attached hydrogen (secondary N) is 2. The Morgan fingerprint density at radius 2 is 1.88 bits per heavy atom. The van der Waals surface area contributed by atoms with E-state index in [4.69, 9.17) is 9.47 Å². The summed E-state index contributed by atoms with van der Waals surface area (Å²) in [5, 5.41) is 13.5. The van der Waals surface area contributed by atoms with Crippen LogP contribution in [0.4, 0.5) is 4.79 Å². The molecule has 0 saturated carbocycles. The maximum Gasteiger partial charge on any atom is 0.315 e. The maximum absolute atomic E-state index is 12.2. The molecule has 2 rings (SSSR count). The van der Waals surface area contributed by atoms with Crippen LogP contribution in [0, 0.1) is 0 Å². The van der Waals surface area contributed by atoms with Crippen molar-refractivity contribution in [2.75, 3.05) is 14.2 Å². The molecule has 0 bridgehead atoms. The number of urea groups is 1. The van der Waals surface area contributed by atoms with E-state index >= 15 is 0 Å². The first-order chi connectivity index (χ1) is 11.5. The molecule has 2 N–H and O–H groups in total. The van der Waals surface area contributed by atoms with E-state index < -0.39 is 0 Å². The number of rotatable bonds is 6. The second-order valence-electron chi connectivity index (χ2n) is 5.47. The van der Waals surface area contributed by atoms with E-state index in [1.807, 2.05) is 33.0 Å². The van der Waals surface area contributed by atoms with Gasteiger partial charge < -0.3 is 24.7 Å². The fourth-order valence-electron chi connectivity index (χ4n) is 2.44. The van der Waals surface area contributed by atoms with Crippen LogP contribution in [-0.2, 0) is 7.05 Å². The van der Waals surface area contributed by atoms with Crippen LogP contribution in [-0.4, -0.2) is 35.0 Å². The average Bonchev–Trinajstić information content (AvgIpc) is 3.00. The van der Waals surface area contributed by atoms with Crippen LogP contribution in [0.5, 0.6) is 11.5 Å². The van der Waals surface area contributed by atoms with Crippen LogP contribution in [0.15, 0.2) is 24.5 Å². The summed E-state index contributed by atoms with van der Waals surface area (Å²) >= 11 is 0. The Balaban J connectivity index is 2.02. The van der Waals surface area contributed by atoms with E-state index in [1.54, 1.807) is 31.2 Å². The summed E-state index contributed by atoms with van der Waals surface area (Å²) < 4.78 is 12.3. The summed E-state index contributed by atoms with van der Waals surface area (Å²) in [5.41, 5.74) is 0.861. The molecule has 0 aliphatic carbocycles. The van der Waals surface area contributed by atoms with Gasteiger partial charge in [0.15, 0.2) is 5.82 Å². The molecule has 0 unspecified atom stereocenters. The third-order valence-corrected chi connectivity index (χ3v) is 3.74. The van der Waals surface area contributed by atoms with Gasteiger partial charge in [-0.1, -0.05) is 0 Å². The lowest BCUT2D eigenvalue weighted by Gasteiger charge is -2.20. The molecule has 0 fully saturated rings. The lowest BCUT2D eigenvalue weighted by molar-refractivity contribution is 0.234. The molecule has 8 heteroatoms. The quantitative estimate of drug-likeness (QED) is 0.843. The monoisotopic (exact) mass is 333 g/mol. The molecule has 8 nitrogen and oxygen atoms in total. The van der Waals surface area contributed by atoms with E-state index in [9.17, 15) is 4.79 Å². The van der Waals surface area contributed by atoms with Gasteiger partial charge in [-0.15, -0.1) is 10.2 Å². The average molecular weight is 333 g/mol. The fourth-order valence-corrected chi connectivity index (χ4v) is 2.44. The third-order valence-electron chi connectivity index (χ3n) is 3.74. The van der Waals surface area contributed by atoms with Crippen molar-refractivity contribution < 1.29 is 14.3 Å². The zero-order valence-electron chi connectivity index (χ0n) is 14.5. The normalized spacial score (nSPS) is 13.0. The Morgan fingerprint density at radius 1 is 1.17 bits per heavy atom. The molecular formula is C16H23N5O3. The van der Waals surface area contributed by atoms with Gasteiger partial charge in [0.1, 0.15) is 17.8 Å². The van der Waals surface area contributed by atoms with Crippen LogP contribution >= 0.6 is 0 Å². The molecule has 1 heterocycles. The number of methoxy groups -OCH3 is 2. The number of carbonyl (C=O) groups excluding carboxylic acids is 1. The Labute approximate surface area is 141 Å². The molecule has 2 amide bonds. The molecule has 0 aliphatic rings. The first-order valence-corrected chi connectivity index (χ1v) is 7.59. The highest BCUT2D eigenvalue weighted by atomic mass is 16.5. The van der Waals surface area contributed by atoms with Crippen LogP contribution in [0.1, 0.15) is 37.3 Å². The molecule has 1 aromatic heterocycles. The number of hydrogen-bond donors (Lipinski definition) is 2. The molecule has 2 atom stereocenters. The van der Waals surface area contributed by atoms with Crippen molar-refractivity contribution in [3.8, 4) is 11.5 Å². The number of hydrogen-bond acceptors (Lipinski definition) is 5. The zero-order valence-corrected chi connectivity index (χ0v) is 14.5. The maximum atomic E-state index is 12.2. The summed E-state index contributed by atoms with van der Waals surface area (Å²) in [6, 6.07) is 4.69. The fraction of sp³-hybridized carbons (Fsp3) is 0.438. The second kappa shape index (κ2) is 7.67. The second-order valence-corrected chi connectivity index (χ2v) is 5.47. The number of carbonyl (C=O) groups is 1. The molecule has 130 valence electrons. The van der Waals surface area contributed by atoms with Crippen molar-refractivity contribution in [2.24, 2.45) is 7.05 Å². The summed E-state index contributed by atoms with van der Waals surface area (Å²) in [5.74, 6) is 2.03. The first-order valence-electron chi connectivity index (χ1n) is 7.59. The SMILES string of the molecule is COc1ccc([C@@H](C)NC(=O)N[C@@H](C)c2nncn2C)c(OC)c1. The molecule has 0 saturated heterocycles. The summed E-state index contributed by atoms with van der Waals surface area (Å²) in [6.45, 7) is 3.74. The zero-order chi connectivity index (χ0) is 17.7. The minimum Gasteiger partial charge on any atom is -0.497 e. The highest BCUT2D eigenvalue weighted by molar-refractivity contribution is 5.75. The largest absolute Gasteiger partial charge is 0.497 e. The summed E-state index contributed by atoms with van der Waals surface area (Å²) in [7, 11) is 5.01. The predicted octanol–water partition coefficient (Wildman–Crippen LogP) is 1.95. The number of amides is 2. The Kier molecular flexibility index (Phi) is 5.62. The van der Waals surface area contributed by atoms with Gasteiger partial charge in [0.2, 0.25) is 0 Å². The molecule has 2 aromatic rings. The van der Waals surface area contributed by atoms with Gasteiger partial charge in [-0.05, 0) is 26.0 Å². The number of ether oxygens (including phenoxy) is 2. The van der Waals surface area contributed by atoms with Gasteiger partial charge in [0.25, 0.3) is 0 Å². The smallest absolute Gasteiger partial charge is 0.315 e. The van der Waals surface area contributed by atoms with E-state index in [-0.39, 0.29) is 18.1 Å². The minimum absolute atomic E-state index is 0.238. The lowest BCUT2D eigenvalue weighted by Crippen LogP contribution is -2.39. The van der Waals surface area contributed by atoms with Crippen molar-refractivity contribution in [1.29, 1.82) is 0 Å². The van der Waals surface area contributed by atoms with Gasteiger partial charge in [0, 0.05) is 18.7 Å². The van der Waals surface area contributed by atoms with Gasteiger partial charge >= 0.3 is 6.03 Å². The highest BCUT2D eigenvalue weighted by Crippen LogP contribution is 2.29. The van der Waals surface area contributed by atoms with Crippen LogP contribution < -0.4 is 20.1 Å². The van der Waals surface area contributed by atoms with E-state index in [0.717, 1.165) is 5.56 Å². The number of nitrogens with zero attached hydrogens (tertiary/aromatic N) is 3. The topological polar surface area (TPSA) is 90.3 Å². The van der Waals surface area contributed by atoms with Gasteiger partial charge in [0.05, 0.1) is 26.3 Å². The van der Waals surface area contributed by atoms with Crippen molar-refractivity contribution in [2.45, 2.75) is 25.9 Å². The van der Waals surface area contributed by atoms with Crippen LogP contribution in [0.2, 0.25) is 0 Å². The Morgan fingerprint density at radius 3 is 2.46 bits per heavy atom. The molecule has 0 aliphatic heterocycles. The van der Waals surface area contributed by atoms with Crippen molar-refractivity contribution >= 4 is 6.03 Å². The van der Waals surface area contributed by atoms with Crippen molar-refractivity contribution in [1.82, 2.24) is 25.4 Å². The number of aryl methyl sites for hydroxylation is 1. The molecular weight excluding hydrogens is 310 g/mol. The van der Waals surface area contributed by atoms with Crippen molar-refractivity contribution in [3.63, 3.8) is 0 Å². The van der Waals surface area contributed by atoms with Crippen LogP contribution in [0.25, 0.3) is 0 Å². The van der Waals surface area contributed by atoms with E-state index in [1.165, 1.54) is 0 Å². The summed E-state index contributed by atoms with van der Waals surface area (Å²) in [4.78, 5) is 12.2. The minimum atomic E-state index is -0.295. The lowest BCUT2D eigenvalue weighted by atomic mass is 10.1. The highest BCUT2D eigenvalue weighted by Gasteiger charge is 2.18. The predicted molar refractivity (Wildman–Crippen MR) is 89.0 cm³/mol. The van der Waals surface area contributed by atoms with Gasteiger partial charge in [-0.2, -0.15) is 0 Å². The molecule has 1 aromatic carbocycles. The third kappa shape index (κ3) is 3.95. The molecule has 0 spiro atoms. The molecule has 0 radical (unpaired) electrons. The number of benzene rings is 1. The molecule has 24 heavy (non-hydrogen) atoms. The summed E-state index contributed by atoms with van der Waals surface area (Å²) in [6.07, 6.45) is 1.59. The Hall–Kier alpha value is -2.77. The van der Waals surface area contributed by atoms with Crippen LogP contribution in [0.3, 0.4) is 0 Å². The van der Waals surface area contributed by atoms with Crippen molar-refractivity contribution in [3.05, 3.63) is 35.9 Å². The van der Waals surface area contributed by atoms with E-state index in [2.05, 4.69) is 20.8 Å². The van der Waals surface area contributed by atoms with Gasteiger partial charge in [-0.25, -0.2) is 4.79 Å². The van der Waals surface area contributed by atoms with E-state index in [0.29, 0.717) is 17.3 Å².